The first-order valence-electron chi connectivity index (χ1n) is 7.59. The molecule has 1 saturated carbocycles. The molecule has 112 valence electrons. The molecule has 3 heteroatoms. The molecular weight excluding hydrogens is 264 g/mol. The fourth-order valence-corrected chi connectivity index (χ4v) is 3.59. The van der Waals surface area contributed by atoms with Gasteiger partial charge in [0, 0.05) is 11.3 Å². The van der Waals surface area contributed by atoms with Crippen molar-refractivity contribution in [3.63, 3.8) is 0 Å². The molecule has 1 aromatic heterocycles. The van der Waals surface area contributed by atoms with Crippen molar-refractivity contribution < 1.29 is 14.3 Å². The van der Waals surface area contributed by atoms with E-state index in [0.29, 0.717) is 0 Å². The highest BCUT2D eigenvalue weighted by Gasteiger charge is 2.40. The van der Waals surface area contributed by atoms with Crippen molar-refractivity contribution in [3.8, 4) is 0 Å². The maximum atomic E-state index is 11.6. The van der Waals surface area contributed by atoms with Crippen molar-refractivity contribution >= 4 is 16.9 Å². The smallest absolute Gasteiger partial charge is 0.307 e. The van der Waals surface area contributed by atoms with E-state index in [4.69, 9.17) is 4.42 Å². The summed E-state index contributed by atoms with van der Waals surface area (Å²) < 4.78 is 6.05. The zero-order chi connectivity index (χ0) is 15.2. The summed E-state index contributed by atoms with van der Waals surface area (Å²) in [7, 11) is 0. The number of aryl methyl sites for hydroxylation is 1. The van der Waals surface area contributed by atoms with E-state index in [1.165, 1.54) is 0 Å². The molecule has 0 amide bonds. The maximum Gasteiger partial charge on any atom is 0.307 e. The molecule has 1 N–H and O–H groups in total. The second-order valence-corrected chi connectivity index (χ2v) is 7.10. The number of furan rings is 1. The third-order valence-corrected chi connectivity index (χ3v) is 4.83. The molecule has 1 aliphatic carbocycles. The Balaban J connectivity index is 2.04. The number of aliphatic carboxylic acids is 1. The third kappa shape index (κ3) is 2.57. The van der Waals surface area contributed by atoms with Crippen LogP contribution < -0.4 is 0 Å². The normalized spacial score (nSPS) is 25.1. The summed E-state index contributed by atoms with van der Waals surface area (Å²) in [6.07, 6.45) is 2.55. The SMILES string of the molecule is Cc1cccc2cc(C3CC(C)(C)CCC3C(=O)O)oc12. The summed E-state index contributed by atoms with van der Waals surface area (Å²) in [5, 5.41) is 10.6. The lowest BCUT2D eigenvalue weighted by Gasteiger charge is -2.38. The molecule has 3 rings (SSSR count). The topological polar surface area (TPSA) is 50.4 Å². The van der Waals surface area contributed by atoms with Crippen LogP contribution in [0, 0.1) is 18.3 Å². The molecule has 2 atom stereocenters. The molecule has 21 heavy (non-hydrogen) atoms. The van der Waals surface area contributed by atoms with Crippen LogP contribution in [0.25, 0.3) is 11.0 Å². The molecule has 1 aromatic carbocycles. The van der Waals surface area contributed by atoms with Gasteiger partial charge in [0.05, 0.1) is 5.92 Å². The molecule has 1 fully saturated rings. The van der Waals surface area contributed by atoms with E-state index in [2.05, 4.69) is 13.8 Å². The minimum Gasteiger partial charge on any atom is -0.481 e. The van der Waals surface area contributed by atoms with E-state index in [-0.39, 0.29) is 17.3 Å². The summed E-state index contributed by atoms with van der Waals surface area (Å²) in [4.78, 5) is 11.6. The van der Waals surface area contributed by atoms with Crippen molar-refractivity contribution in [2.75, 3.05) is 0 Å². The van der Waals surface area contributed by atoms with E-state index >= 15 is 0 Å². The Hall–Kier alpha value is -1.77. The van der Waals surface area contributed by atoms with Gasteiger partial charge >= 0.3 is 5.97 Å². The van der Waals surface area contributed by atoms with Gasteiger partial charge in [-0.1, -0.05) is 32.0 Å². The van der Waals surface area contributed by atoms with Crippen molar-refractivity contribution in [2.45, 2.75) is 46.0 Å². The third-order valence-electron chi connectivity index (χ3n) is 4.83. The first-order chi connectivity index (χ1) is 9.87. The fraction of sp³-hybridized carbons (Fsp3) is 0.500. The Morgan fingerprint density at radius 1 is 1.38 bits per heavy atom. The number of hydrogen-bond acceptors (Lipinski definition) is 2. The van der Waals surface area contributed by atoms with Gasteiger partial charge in [-0.15, -0.1) is 0 Å². The number of hydrogen-bond donors (Lipinski definition) is 1. The fourth-order valence-electron chi connectivity index (χ4n) is 3.59. The van der Waals surface area contributed by atoms with Gasteiger partial charge in [0.1, 0.15) is 11.3 Å². The molecule has 0 bridgehead atoms. The van der Waals surface area contributed by atoms with Gasteiger partial charge in [-0.3, -0.25) is 4.79 Å². The van der Waals surface area contributed by atoms with Crippen LogP contribution in [0.15, 0.2) is 28.7 Å². The Kier molecular flexibility index (Phi) is 3.31. The average molecular weight is 286 g/mol. The number of carbonyl (C=O) groups is 1. The second kappa shape index (κ2) is 4.90. The van der Waals surface area contributed by atoms with Gasteiger partial charge in [-0.25, -0.2) is 0 Å². The van der Waals surface area contributed by atoms with Crippen LogP contribution in [0.2, 0.25) is 0 Å². The number of benzene rings is 1. The lowest BCUT2D eigenvalue weighted by molar-refractivity contribution is -0.144. The van der Waals surface area contributed by atoms with Crippen LogP contribution in [0.4, 0.5) is 0 Å². The molecular formula is C18H22O3. The molecule has 1 aliphatic rings. The second-order valence-electron chi connectivity index (χ2n) is 7.10. The van der Waals surface area contributed by atoms with E-state index in [9.17, 15) is 9.90 Å². The van der Waals surface area contributed by atoms with E-state index in [0.717, 1.165) is 41.6 Å². The summed E-state index contributed by atoms with van der Waals surface area (Å²) in [5.41, 5.74) is 2.16. The Morgan fingerprint density at radius 2 is 2.14 bits per heavy atom. The number of para-hydroxylation sites is 1. The van der Waals surface area contributed by atoms with Crippen LogP contribution in [-0.2, 0) is 4.79 Å². The van der Waals surface area contributed by atoms with E-state index in [1.54, 1.807) is 0 Å². The Bertz CT molecular complexity index is 681. The number of fused-ring (bicyclic) bond motifs is 1. The predicted molar refractivity (Wildman–Crippen MR) is 82.4 cm³/mol. The van der Waals surface area contributed by atoms with Gasteiger partial charge in [-0.2, -0.15) is 0 Å². The molecule has 0 spiro atoms. The highest BCUT2D eigenvalue weighted by molar-refractivity contribution is 5.81. The van der Waals surface area contributed by atoms with Gasteiger partial charge in [-0.05, 0) is 43.2 Å². The number of carboxylic acid groups (broad SMARTS) is 1. The quantitative estimate of drug-likeness (QED) is 0.867. The average Bonchev–Trinajstić information content (AvgIpc) is 2.82. The largest absolute Gasteiger partial charge is 0.481 e. The van der Waals surface area contributed by atoms with Gasteiger partial charge in [0.25, 0.3) is 0 Å². The minimum absolute atomic E-state index is 0.0296. The van der Waals surface area contributed by atoms with Gasteiger partial charge in [0.2, 0.25) is 0 Å². The number of carboxylic acids is 1. The summed E-state index contributed by atoms with van der Waals surface area (Å²) >= 11 is 0. The molecule has 1 heterocycles. The predicted octanol–water partition coefficient (Wildman–Crippen LogP) is 4.74. The standard InChI is InChI=1S/C18H22O3/c1-11-5-4-6-12-9-15(21-16(11)12)14-10-18(2,3)8-7-13(14)17(19)20/h4-6,9,13-14H,7-8,10H2,1-3H3,(H,19,20). The van der Waals surface area contributed by atoms with Gasteiger partial charge in [0.15, 0.2) is 0 Å². The molecule has 3 nitrogen and oxygen atoms in total. The Morgan fingerprint density at radius 3 is 2.81 bits per heavy atom. The van der Waals surface area contributed by atoms with Crippen LogP contribution in [-0.4, -0.2) is 11.1 Å². The lowest BCUT2D eigenvalue weighted by atomic mass is 9.66. The first kappa shape index (κ1) is 14.2. The summed E-state index contributed by atoms with van der Waals surface area (Å²) in [6.45, 7) is 6.45. The van der Waals surface area contributed by atoms with E-state index in [1.807, 2.05) is 31.2 Å². The molecule has 2 unspecified atom stereocenters. The van der Waals surface area contributed by atoms with Crippen molar-refractivity contribution in [3.05, 3.63) is 35.6 Å². The van der Waals surface area contributed by atoms with Crippen LogP contribution in [0.5, 0.6) is 0 Å². The lowest BCUT2D eigenvalue weighted by Crippen LogP contribution is -2.32. The molecule has 0 aliphatic heterocycles. The monoisotopic (exact) mass is 286 g/mol. The molecule has 0 saturated heterocycles. The number of rotatable bonds is 2. The van der Waals surface area contributed by atoms with Gasteiger partial charge < -0.3 is 9.52 Å². The molecule has 2 aromatic rings. The highest BCUT2D eigenvalue weighted by Crippen LogP contribution is 2.47. The highest BCUT2D eigenvalue weighted by atomic mass is 16.4. The van der Waals surface area contributed by atoms with E-state index < -0.39 is 5.97 Å². The van der Waals surface area contributed by atoms with Crippen molar-refractivity contribution in [1.82, 2.24) is 0 Å². The van der Waals surface area contributed by atoms with Crippen LogP contribution in [0.1, 0.15) is 50.4 Å². The van der Waals surface area contributed by atoms with Crippen LogP contribution >= 0.6 is 0 Å². The minimum atomic E-state index is -0.701. The Labute approximate surface area is 125 Å². The van der Waals surface area contributed by atoms with Crippen molar-refractivity contribution in [2.24, 2.45) is 11.3 Å². The summed E-state index contributed by atoms with van der Waals surface area (Å²) in [5.74, 6) is -0.232. The van der Waals surface area contributed by atoms with Crippen molar-refractivity contribution in [1.29, 1.82) is 0 Å². The zero-order valence-corrected chi connectivity index (χ0v) is 12.8. The molecule has 0 radical (unpaired) electrons. The zero-order valence-electron chi connectivity index (χ0n) is 12.8. The summed E-state index contributed by atoms with van der Waals surface area (Å²) in [6, 6.07) is 8.09. The maximum absolute atomic E-state index is 11.6. The van der Waals surface area contributed by atoms with Crippen LogP contribution in [0.3, 0.4) is 0 Å². The first-order valence-corrected chi connectivity index (χ1v) is 7.59.